The lowest BCUT2D eigenvalue weighted by atomic mass is 10.00. The fourth-order valence-electron chi connectivity index (χ4n) is 6.35. The first-order valence-corrected chi connectivity index (χ1v) is 25.7. The standard InChI is InChI=1S/C25H42N6O3S.C16H14O3S.C8H21N7.2ClH/c1-4-7-13-29-24(26)31-25(27)30-14-10-12-28-17-19(32)18-34-20-11-8-9-15-35-23(6-3)21(5-2)22(33)16-20;17-16-11-4-1-2-6-13(11)20-14-7-3-5-12(15(14)16)19-9-10-8-18-10;9-3-1-5-13-7(11)15-8(12)14-6-2-4-10;;/h5-6,8-9,11,19,28,32H,4,7,10,12-18H2,1-3H3,(H5,26,27,29,30,31);1-7,10,16-17H,8-9H2;1-6,9-10H2,(H5,11,12,13,14,15);2*1H/b9-8-,20-11+,21-5-,23-6+;;;;. The van der Waals surface area contributed by atoms with Crippen LogP contribution in [0.25, 0.3) is 0 Å². The number of nitrogens with two attached hydrogens (primary N) is 6. The van der Waals surface area contributed by atoms with E-state index < -0.39 is 12.2 Å². The Hall–Kier alpha value is -4.81. The van der Waals surface area contributed by atoms with Crippen LogP contribution in [-0.2, 0) is 14.3 Å². The summed E-state index contributed by atoms with van der Waals surface area (Å²) >= 11 is 3.32. The van der Waals surface area contributed by atoms with Crippen molar-refractivity contribution < 1.29 is 64.0 Å². The monoisotopic (exact) mass is 1080 g/mol. The number of epoxide rings is 1. The number of allylic oxidation sites excluding steroid dienone is 6. The quantitative estimate of drug-likeness (QED) is 0.0182. The third kappa shape index (κ3) is 26.2. The van der Waals surface area contributed by atoms with Gasteiger partial charge in [0.25, 0.3) is 11.9 Å². The Morgan fingerprint density at radius 3 is 2.19 bits per heavy atom. The molecule has 3 heterocycles. The van der Waals surface area contributed by atoms with Crippen LogP contribution in [0.4, 0.5) is 0 Å². The molecule has 1 saturated heterocycles. The lowest BCUT2D eigenvalue weighted by Gasteiger charge is -2.26. The number of hydrogen-bond donors (Lipinski definition) is 13. The van der Waals surface area contributed by atoms with Crippen LogP contribution in [0.2, 0.25) is 0 Å². The first-order chi connectivity index (χ1) is 33.9. The molecule has 5 rings (SSSR count). The summed E-state index contributed by atoms with van der Waals surface area (Å²) in [6, 6.07) is 13.9. The molecule has 19 N–H and O–H groups in total. The van der Waals surface area contributed by atoms with E-state index >= 15 is 0 Å². The fraction of sp³-hybridized carbons (Fsp3) is 0.490. The fourth-order valence-corrected chi connectivity index (χ4v) is 8.44. The van der Waals surface area contributed by atoms with Crippen molar-refractivity contribution in [2.75, 3.05) is 77.9 Å². The summed E-state index contributed by atoms with van der Waals surface area (Å²) in [5, 5.41) is 29.7. The molecule has 0 aromatic heterocycles. The minimum absolute atomic E-state index is 0. The Kier molecular flexibility index (Phi) is 35.1. The van der Waals surface area contributed by atoms with E-state index in [0.717, 1.165) is 76.0 Å². The zero-order valence-corrected chi connectivity index (χ0v) is 45.0. The van der Waals surface area contributed by atoms with E-state index in [4.69, 9.17) is 48.6 Å². The molecule has 3 atom stereocenters. The number of fused-ring (bicyclic) bond motifs is 2. The van der Waals surface area contributed by atoms with Crippen LogP contribution >= 0.6 is 23.5 Å². The maximum absolute atomic E-state index is 12.7. The summed E-state index contributed by atoms with van der Waals surface area (Å²) in [5.41, 5.74) is 35.9. The minimum Gasteiger partial charge on any atom is -1.00 e. The van der Waals surface area contributed by atoms with Gasteiger partial charge in [-0.25, -0.2) is 20.6 Å². The molecule has 72 heavy (non-hydrogen) atoms. The Bertz CT molecular complexity index is 2130. The summed E-state index contributed by atoms with van der Waals surface area (Å²) in [6.45, 7) is 12.3. The molecule has 3 aliphatic heterocycles. The number of guanidine groups is 4. The van der Waals surface area contributed by atoms with Crippen LogP contribution in [-0.4, -0.2) is 130 Å². The van der Waals surface area contributed by atoms with Crippen LogP contribution in [0.5, 0.6) is 5.75 Å². The molecule has 0 aliphatic carbocycles. The van der Waals surface area contributed by atoms with E-state index in [1.807, 2.05) is 80.6 Å². The number of nitrogens with zero attached hydrogens (tertiary/aromatic N) is 2. The van der Waals surface area contributed by atoms with Crippen molar-refractivity contribution in [2.24, 2.45) is 44.4 Å². The Morgan fingerprint density at radius 1 is 0.903 bits per heavy atom. The van der Waals surface area contributed by atoms with Crippen LogP contribution < -0.4 is 89.9 Å². The van der Waals surface area contributed by atoms with Crippen molar-refractivity contribution in [1.29, 1.82) is 0 Å². The van der Waals surface area contributed by atoms with Gasteiger partial charge in [0.1, 0.15) is 43.0 Å². The van der Waals surface area contributed by atoms with Crippen molar-refractivity contribution in [3.05, 3.63) is 100 Å². The van der Waals surface area contributed by atoms with Gasteiger partial charge in [-0.05, 0) is 89.0 Å². The molecule has 23 heteroatoms. The molecule has 2 aromatic carbocycles. The normalized spacial score (nSPS) is 19.5. The maximum Gasteiger partial charge on any atom is 0.348 e. The number of rotatable bonds is 21. The molecule has 2 aromatic rings. The summed E-state index contributed by atoms with van der Waals surface area (Å²) < 4.78 is 16.8. The molecule has 19 nitrogen and oxygen atoms in total. The smallest absolute Gasteiger partial charge is 0.348 e. The van der Waals surface area contributed by atoms with E-state index in [-0.39, 0.29) is 49.7 Å². The van der Waals surface area contributed by atoms with E-state index in [1.165, 1.54) is 0 Å². The number of thioether (sulfide) groups is 1. The van der Waals surface area contributed by atoms with Gasteiger partial charge in [-0.15, -0.1) is 11.8 Å². The molecule has 1 fully saturated rings. The molecular weight excluding hydrogens is 1000 g/mol. The van der Waals surface area contributed by atoms with Crippen molar-refractivity contribution in [1.82, 2.24) is 16.0 Å². The molecule has 0 radical (unpaired) electrons. The van der Waals surface area contributed by atoms with Crippen molar-refractivity contribution in [2.45, 2.75) is 87.4 Å². The highest BCUT2D eigenvalue weighted by Gasteiger charge is 2.29. The Morgan fingerprint density at radius 2 is 1.56 bits per heavy atom. The highest BCUT2D eigenvalue weighted by molar-refractivity contribution is 8.03. The van der Waals surface area contributed by atoms with Crippen molar-refractivity contribution in [3.63, 3.8) is 0 Å². The van der Waals surface area contributed by atoms with Crippen LogP contribution in [0.1, 0.15) is 76.5 Å². The van der Waals surface area contributed by atoms with E-state index in [0.29, 0.717) is 94.1 Å². The van der Waals surface area contributed by atoms with Crippen molar-refractivity contribution in [3.8, 4) is 5.75 Å². The second-order valence-corrected chi connectivity index (χ2v) is 18.1. The zero-order chi connectivity index (χ0) is 50.9. The summed E-state index contributed by atoms with van der Waals surface area (Å²) in [7, 11) is 0. The minimum atomic E-state index is -0.696. The number of unbranched alkanes of at least 4 members (excludes halogenated alkanes) is 1. The molecule has 0 saturated carbocycles. The highest BCUT2D eigenvalue weighted by Crippen LogP contribution is 2.48. The third-order valence-corrected chi connectivity index (χ3v) is 12.4. The van der Waals surface area contributed by atoms with Gasteiger partial charge in [-0.3, -0.25) is 26.2 Å². The number of carbonyl (C=O) groups is 1. The van der Waals surface area contributed by atoms with E-state index in [9.17, 15) is 15.0 Å². The molecule has 0 amide bonds. The van der Waals surface area contributed by atoms with Gasteiger partial charge in [0, 0.05) is 51.2 Å². The molecule has 0 bridgehead atoms. The SMILES string of the molecule is C/C=C1/C(=O)C/C(OCC(O)CNCCC[NH+]=C(N)NC(N)=NCCCC)=C\C=C/CS/C1=C/C.NCCCN=C(N)NC(N)=[NH+]CCCN.OC1c2ccccc2Sc2cccc(OCC3CO3)c21.[Cl-].[Cl-]. The molecular formula is C49H79Cl2N13O6S2. The number of halogens is 2. The predicted molar refractivity (Wildman–Crippen MR) is 284 cm³/mol. The number of ketones is 1. The number of hydrogen-bond acceptors (Lipinski definition) is 13. The number of carbonyl (C=O) groups excluding carboxylic acids is 1. The van der Waals surface area contributed by atoms with Crippen LogP contribution in [0, 0.1) is 0 Å². The first kappa shape index (κ1) is 65.2. The first-order valence-electron chi connectivity index (χ1n) is 23.9. The molecule has 402 valence electrons. The third-order valence-electron chi connectivity index (χ3n) is 10.1. The highest BCUT2D eigenvalue weighted by atomic mass is 35.5. The average Bonchev–Trinajstić information content (AvgIpc) is 4.18. The summed E-state index contributed by atoms with van der Waals surface area (Å²) in [5.74, 6) is 3.43. The van der Waals surface area contributed by atoms with Gasteiger partial charge >= 0.3 is 11.9 Å². The maximum atomic E-state index is 12.7. The van der Waals surface area contributed by atoms with Crippen LogP contribution in [0.15, 0.2) is 109 Å². The van der Waals surface area contributed by atoms with Gasteiger partial charge in [0.2, 0.25) is 0 Å². The van der Waals surface area contributed by atoms with Gasteiger partial charge in [0.05, 0.1) is 26.1 Å². The summed E-state index contributed by atoms with van der Waals surface area (Å²) in [6.07, 6.45) is 13.1. The second kappa shape index (κ2) is 38.8. The van der Waals surface area contributed by atoms with Crippen molar-refractivity contribution >= 4 is 53.1 Å². The number of aliphatic imine (C=N–C) groups is 2. The predicted octanol–water partition coefficient (Wildman–Crippen LogP) is -6.56. The lowest BCUT2D eigenvalue weighted by molar-refractivity contribution is -0.460. The van der Waals surface area contributed by atoms with E-state index in [1.54, 1.807) is 29.6 Å². The van der Waals surface area contributed by atoms with Gasteiger partial charge in [-0.2, -0.15) is 0 Å². The van der Waals surface area contributed by atoms with Gasteiger partial charge in [0.15, 0.2) is 5.78 Å². The zero-order valence-electron chi connectivity index (χ0n) is 41.8. The number of Topliss-reactive ketones (excluding diaryl/α,β-unsaturated/α-hetero) is 1. The van der Waals surface area contributed by atoms with E-state index in [2.05, 4.69) is 42.8 Å². The number of aliphatic hydroxyl groups excluding tert-OH is 2. The van der Waals surface area contributed by atoms with Gasteiger partial charge < -0.3 is 77.5 Å². The number of nitrogens with one attached hydrogen (secondary N) is 5. The number of aliphatic hydroxyl groups is 2. The lowest BCUT2D eigenvalue weighted by Crippen LogP contribution is -3.00. The second-order valence-electron chi connectivity index (χ2n) is 15.9. The summed E-state index contributed by atoms with van der Waals surface area (Å²) in [4.78, 5) is 30.1. The molecule has 3 aliphatic rings. The largest absolute Gasteiger partial charge is 1.00 e. The molecule has 3 unspecified atom stereocenters. The van der Waals surface area contributed by atoms with Gasteiger partial charge in [-0.1, -0.05) is 73.7 Å². The Balaban J connectivity index is 0.000000588. The van der Waals surface area contributed by atoms with Crippen LogP contribution in [0.3, 0.4) is 0 Å². The Labute approximate surface area is 446 Å². The number of benzene rings is 2. The topological polar surface area (TPSA) is 333 Å². The number of ether oxygens (including phenoxy) is 3. The average molecular weight is 1080 g/mol. The molecule has 0 spiro atoms.